The third-order valence-corrected chi connectivity index (χ3v) is 3.05. The number of benzene rings is 1. The Bertz CT molecular complexity index is 471. The van der Waals surface area contributed by atoms with E-state index in [0.717, 1.165) is 5.56 Å². The maximum Gasteiger partial charge on any atom is 0.321 e. The van der Waals surface area contributed by atoms with Crippen molar-refractivity contribution >= 4 is 11.9 Å². The van der Waals surface area contributed by atoms with Gasteiger partial charge in [-0.15, -0.1) is 0 Å². The van der Waals surface area contributed by atoms with Gasteiger partial charge in [0.25, 0.3) is 0 Å². The Morgan fingerprint density at radius 3 is 2.42 bits per heavy atom. The molecule has 0 aliphatic carbocycles. The molecule has 0 heterocycles. The lowest BCUT2D eigenvalue weighted by Crippen LogP contribution is -2.39. The molecule has 0 aliphatic rings. The van der Waals surface area contributed by atoms with Crippen LogP contribution in [0, 0.1) is 13.8 Å². The van der Waals surface area contributed by atoms with Crippen LogP contribution in [0.2, 0.25) is 0 Å². The van der Waals surface area contributed by atoms with Crippen LogP contribution in [0.25, 0.3) is 0 Å². The van der Waals surface area contributed by atoms with Gasteiger partial charge in [-0.05, 0) is 43.5 Å². The van der Waals surface area contributed by atoms with Crippen molar-refractivity contribution in [3.8, 4) is 0 Å². The van der Waals surface area contributed by atoms with Gasteiger partial charge in [-0.25, -0.2) is 0 Å². The molecule has 0 radical (unpaired) electrons. The van der Waals surface area contributed by atoms with E-state index in [4.69, 9.17) is 10.2 Å². The Hall–Kier alpha value is -1.88. The molecule has 0 saturated heterocycles. The van der Waals surface area contributed by atoms with Gasteiger partial charge in [0.15, 0.2) is 0 Å². The maximum atomic E-state index is 10.9. The zero-order valence-electron chi connectivity index (χ0n) is 11.1. The minimum absolute atomic E-state index is 0.414. The molecular formula is C14H19NO4. The molecule has 0 bridgehead atoms. The average Bonchev–Trinajstić information content (AvgIpc) is 2.31. The molecule has 1 atom stereocenters. The molecule has 0 fully saturated rings. The van der Waals surface area contributed by atoms with E-state index in [1.165, 1.54) is 11.1 Å². The number of hydrogen-bond donors (Lipinski definition) is 3. The lowest BCUT2D eigenvalue weighted by molar-refractivity contribution is -0.145. The first-order chi connectivity index (χ1) is 8.90. The molecule has 104 valence electrons. The second kappa shape index (κ2) is 6.89. The summed E-state index contributed by atoms with van der Waals surface area (Å²) in [7, 11) is 0. The van der Waals surface area contributed by atoms with Crippen molar-refractivity contribution in [3.63, 3.8) is 0 Å². The summed E-state index contributed by atoms with van der Waals surface area (Å²) in [6.45, 7) is 4.49. The number of carboxylic acid groups (broad SMARTS) is 2. The van der Waals surface area contributed by atoms with Gasteiger partial charge in [0.1, 0.15) is 6.04 Å². The number of aliphatic carboxylic acids is 2. The van der Waals surface area contributed by atoms with Gasteiger partial charge in [-0.1, -0.05) is 18.2 Å². The fourth-order valence-corrected chi connectivity index (χ4v) is 1.77. The molecule has 19 heavy (non-hydrogen) atoms. The first-order valence-corrected chi connectivity index (χ1v) is 6.14. The summed E-state index contributed by atoms with van der Waals surface area (Å²) < 4.78 is 0. The standard InChI is InChI=1S/C14H19NO4/c1-9-3-4-11(7-10(9)2)5-6-15-12(14(18)19)8-13(16)17/h3-4,7,12,15H,5-6,8H2,1-2H3,(H,16,17)(H,18,19). The van der Waals surface area contributed by atoms with Crippen LogP contribution in [0.1, 0.15) is 23.1 Å². The van der Waals surface area contributed by atoms with Crippen LogP contribution in [0.4, 0.5) is 0 Å². The van der Waals surface area contributed by atoms with Gasteiger partial charge < -0.3 is 15.5 Å². The SMILES string of the molecule is Cc1ccc(CCNC(CC(=O)O)C(=O)O)cc1C. The van der Waals surface area contributed by atoms with Crippen LogP contribution in [0.5, 0.6) is 0 Å². The molecule has 1 rings (SSSR count). The maximum absolute atomic E-state index is 10.9. The van der Waals surface area contributed by atoms with E-state index < -0.39 is 24.4 Å². The van der Waals surface area contributed by atoms with E-state index in [1.54, 1.807) is 0 Å². The van der Waals surface area contributed by atoms with Gasteiger partial charge in [-0.2, -0.15) is 0 Å². The van der Waals surface area contributed by atoms with E-state index in [2.05, 4.69) is 11.4 Å². The molecule has 0 aliphatic heterocycles. The Balaban J connectivity index is 2.49. The largest absolute Gasteiger partial charge is 0.481 e. The van der Waals surface area contributed by atoms with Crippen LogP contribution in [0.3, 0.4) is 0 Å². The lowest BCUT2D eigenvalue weighted by Gasteiger charge is -2.12. The van der Waals surface area contributed by atoms with E-state index in [-0.39, 0.29) is 0 Å². The van der Waals surface area contributed by atoms with E-state index in [1.807, 2.05) is 26.0 Å². The Kier molecular flexibility index (Phi) is 5.51. The average molecular weight is 265 g/mol. The van der Waals surface area contributed by atoms with E-state index >= 15 is 0 Å². The first kappa shape index (κ1) is 15.2. The summed E-state index contributed by atoms with van der Waals surface area (Å²) in [5, 5.41) is 20.2. The van der Waals surface area contributed by atoms with Crippen molar-refractivity contribution in [3.05, 3.63) is 34.9 Å². The number of hydrogen-bond acceptors (Lipinski definition) is 3. The summed E-state index contributed by atoms with van der Waals surface area (Å²) in [5.41, 5.74) is 3.51. The predicted octanol–water partition coefficient (Wildman–Crippen LogP) is 1.36. The van der Waals surface area contributed by atoms with Gasteiger partial charge in [-0.3, -0.25) is 9.59 Å². The molecule has 5 heteroatoms. The van der Waals surface area contributed by atoms with Crippen LogP contribution < -0.4 is 5.32 Å². The molecule has 0 saturated carbocycles. The quantitative estimate of drug-likeness (QED) is 0.693. The Morgan fingerprint density at radius 1 is 1.21 bits per heavy atom. The van der Waals surface area contributed by atoms with Crippen LogP contribution >= 0.6 is 0 Å². The lowest BCUT2D eigenvalue weighted by atomic mass is 10.0. The molecule has 0 amide bonds. The fraction of sp³-hybridized carbons (Fsp3) is 0.429. The first-order valence-electron chi connectivity index (χ1n) is 6.14. The monoisotopic (exact) mass is 265 g/mol. The highest BCUT2D eigenvalue weighted by Crippen LogP contribution is 2.10. The predicted molar refractivity (Wildman–Crippen MR) is 71.3 cm³/mol. The van der Waals surface area contributed by atoms with Crippen LogP contribution in [-0.2, 0) is 16.0 Å². The summed E-state index contributed by atoms with van der Waals surface area (Å²) in [4.78, 5) is 21.4. The Morgan fingerprint density at radius 2 is 1.89 bits per heavy atom. The zero-order chi connectivity index (χ0) is 14.4. The van der Waals surface area contributed by atoms with Crippen LogP contribution in [-0.4, -0.2) is 34.7 Å². The van der Waals surface area contributed by atoms with Crippen molar-refractivity contribution < 1.29 is 19.8 Å². The minimum Gasteiger partial charge on any atom is -0.481 e. The number of nitrogens with one attached hydrogen (secondary N) is 1. The number of carboxylic acids is 2. The normalized spacial score (nSPS) is 12.1. The number of aryl methyl sites for hydroxylation is 2. The third kappa shape index (κ3) is 5.09. The van der Waals surface area contributed by atoms with Crippen molar-refractivity contribution in [1.29, 1.82) is 0 Å². The van der Waals surface area contributed by atoms with E-state index in [0.29, 0.717) is 13.0 Å². The third-order valence-electron chi connectivity index (χ3n) is 3.05. The van der Waals surface area contributed by atoms with Gasteiger partial charge in [0, 0.05) is 0 Å². The van der Waals surface area contributed by atoms with Crippen molar-refractivity contribution in [2.24, 2.45) is 0 Å². The number of carbonyl (C=O) groups is 2. The molecule has 5 nitrogen and oxygen atoms in total. The van der Waals surface area contributed by atoms with Crippen LogP contribution in [0.15, 0.2) is 18.2 Å². The zero-order valence-corrected chi connectivity index (χ0v) is 11.1. The summed E-state index contributed by atoms with van der Waals surface area (Å²) in [6.07, 6.45) is 0.257. The Labute approximate surface area is 112 Å². The number of rotatable bonds is 7. The van der Waals surface area contributed by atoms with Gasteiger partial charge in [0.2, 0.25) is 0 Å². The summed E-state index contributed by atoms with van der Waals surface area (Å²) in [6, 6.07) is 5.04. The minimum atomic E-state index is -1.14. The second-order valence-electron chi connectivity index (χ2n) is 4.61. The van der Waals surface area contributed by atoms with Crippen molar-refractivity contribution in [2.75, 3.05) is 6.54 Å². The highest BCUT2D eigenvalue weighted by Gasteiger charge is 2.19. The highest BCUT2D eigenvalue weighted by atomic mass is 16.4. The molecular weight excluding hydrogens is 246 g/mol. The van der Waals surface area contributed by atoms with Gasteiger partial charge >= 0.3 is 11.9 Å². The van der Waals surface area contributed by atoms with Gasteiger partial charge in [0.05, 0.1) is 6.42 Å². The molecule has 1 aromatic rings. The smallest absolute Gasteiger partial charge is 0.321 e. The molecule has 1 aromatic carbocycles. The summed E-state index contributed by atoms with van der Waals surface area (Å²) in [5.74, 6) is -2.26. The molecule has 0 aromatic heterocycles. The van der Waals surface area contributed by atoms with Crippen molar-refractivity contribution in [1.82, 2.24) is 5.32 Å². The molecule has 3 N–H and O–H groups in total. The molecule has 0 spiro atoms. The fourth-order valence-electron chi connectivity index (χ4n) is 1.77. The second-order valence-corrected chi connectivity index (χ2v) is 4.61. The summed E-state index contributed by atoms with van der Waals surface area (Å²) >= 11 is 0. The van der Waals surface area contributed by atoms with E-state index in [9.17, 15) is 9.59 Å². The highest BCUT2D eigenvalue weighted by molar-refractivity contribution is 5.80. The molecule has 1 unspecified atom stereocenters. The topological polar surface area (TPSA) is 86.6 Å². The van der Waals surface area contributed by atoms with Crippen molar-refractivity contribution in [2.45, 2.75) is 32.7 Å².